The summed E-state index contributed by atoms with van der Waals surface area (Å²) in [4.78, 5) is 24.7. The number of rotatable bonds is 5. The first-order valence-corrected chi connectivity index (χ1v) is 12.0. The number of ether oxygens (including phenoxy) is 1. The first kappa shape index (κ1) is 21.4. The zero-order valence-electron chi connectivity index (χ0n) is 19.1. The van der Waals surface area contributed by atoms with E-state index >= 15 is 0 Å². The van der Waals surface area contributed by atoms with E-state index in [0.29, 0.717) is 17.6 Å². The predicted octanol–water partition coefficient (Wildman–Crippen LogP) is 3.36. The second-order valence-corrected chi connectivity index (χ2v) is 9.36. The predicted molar refractivity (Wildman–Crippen MR) is 126 cm³/mol. The Kier molecular flexibility index (Phi) is 6.42. The maximum atomic E-state index is 13.1. The van der Waals surface area contributed by atoms with E-state index < -0.39 is 0 Å². The first-order chi connectivity index (χ1) is 15.7. The number of carbonyl (C=O) groups excluding carboxylic acids is 1. The van der Waals surface area contributed by atoms with E-state index in [1.54, 1.807) is 13.3 Å². The van der Waals surface area contributed by atoms with Crippen molar-refractivity contribution in [1.29, 1.82) is 0 Å². The molecule has 2 saturated heterocycles. The highest BCUT2D eigenvalue weighted by molar-refractivity contribution is 5.94. The Hall–Kier alpha value is -2.44. The molecule has 5 rings (SSSR count). The maximum Gasteiger partial charge on any atom is 0.255 e. The van der Waals surface area contributed by atoms with E-state index in [1.807, 2.05) is 17.0 Å². The fourth-order valence-electron chi connectivity index (χ4n) is 5.63. The van der Waals surface area contributed by atoms with Gasteiger partial charge in [0, 0.05) is 52.1 Å². The van der Waals surface area contributed by atoms with E-state index in [1.165, 1.54) is 11.1 Å². The van der Waals surface area contributed by atoms with Crippen molar-refractivity contribution in [3.8, 4) is 0 Å². The Balaban J connectivity index is 1.16. The number of aromatic nitrogens is 1. The minimum Gasteiger partial charge on any atom is -0.383 e. The number of piperidine rings is 1. The number of fused-ring (bicyclic) bond motifs is 1. The molecule has 1 unspecified atom stereocenters. The van der Waals surface area contributed by atoms with Crippen LogP contribution in [-0.2, 0) is 17.7 Å². The monoisotopic (exact) mass is 434 g/mol. The molecule has 2 fully saturated rings. The zero-order chi connectivity index (χ0) is 21.9. The van der Waals surface area contributed by atoms with Crippen LogP contribution in [0.1, 0.15) is 47.2 Å². The molecule has 1 aromatic carbocycles. The van der Waals surface area contributed by atoms with Gasteiger partial charge in [0.15, 0.2) is 0 Å². The molecule has 0 aliphatic carbocycles. The highest BCUT2D eigenvalue weighted by atomic mass is 16.5. The van der Waals surface area contributed by atoms with Crippen LogP contribution in [0.3, 0.4) is 0 Å². The highest BCUT2D eigenvalue weighted by Crippen LogP contribution is 2.27. The van der Waals surface area contributed by atoms with Gasteiger partial charge < -0.3 is 14.5 Å². The Bertz CT molecular complexity index is 924. The molecule has 6 nitrogen and oxygen atoms in total. The molecule has 170 valence electrons. The smallest absolute Gasteiger partial charge is 0.255 e. The number of hydrogen-bond donors (Lipinski definition) is 0. The highest BCUT2D eigenvalue weighted by Gasteiger charge is 2.30. The number of pyridine rings is 1. The lowest BCUT2D eigenvalue weighted by Crippen LogP contribution is -2.48. The Morgan fingerprint density at radius 3 is 2.59 bits per heavy atom. The molecular weight excluding hydrogens is 400 g/mol. The molecule has 1 atom stereocenters. The van der Waals surface area contributed by atoms with Gasteiger partial charge in [0.05, 0.1) is 18.2 Å². The third-order valence-electron chi connectivity index (χ3n) is 7.45. The minimum atomic E-state index is 0.112. The van der Waals surface area contributed by atoms with Crippen molar-refractivity contribution < 1.29 is 9.53 Å². The molecule has 3 aliphatic heterocycles. The summed E-state index contributed by atoms with van der Waals surface area (Å²) in [5, 5.41) is 0. The molecule has 1 amide bonds. The van der Waals surface area contributed by atoms with Crippen molar-refractivity contribution in [2.45, 2.75) is 50.7 Å². The molecule has 1 aromatic heterocycles. The van der Waals surface area contributed by atoms with E-state index in [4.69, 9.17) is 4.74 Å². The number of hydrogen-bond acceptors (Lipinski definition) is 5. The Morgan fingerprint density at radius 2 is 1.84 bits per heavy atom. The van der Waals surface area contributed by atoms with Crippen LogP contribution in [0, 0.1) is 0 Å². The van der Waals surface area contributed by atoms with Gasteiger partial charge in [-0.25, -0.2) is 4.98 Å². The van der Waals surface area contributed by atoms with Gasteiger partial charge in [0.2, 0.25) is 0 Å². The summed E-state index contributed by atoms with van der Waals surface area (Å²) in [6, 6.07) is 13.7. The van der Waals surface area contributed by atoms with Crippen molar-refractivity contribution in [3.05, 3.63) is 59.3 Å². The normalized spacial score (nSPS) is 22.2. The van der Waals surface area contributed by atoms with E-state index in [-0.39, 0.29) is 5.91 Å². The molecule has 4 heterocycles. The summed E-state index contributed by atoms with van der Waals surface area (Å²) >= 11 is 0. The largest absolute Gasteiger partial charge is 0.383 e. The summed E-state index contributed by atoms with van der Waals surface area (Å²) in [5.41, 5.74) is 3.66. The quantitative estimate of drug-likeness (QED) is 0.722. The molecule has 6 heteroatoms. The first-order valence-electron chi connectivity index (χ1n) is 12.0. The van der Waals surface area contributed by atoms with Crippen molar-refractivity contribution >= 4 is 11.7 Å². The molecule has 0 radical (unpaired) electrons. The van der Waals surface area contributed by atoms with Gasteiger partial charge in [-0.05, 0) is 55.4 Å². The summed E-state index contributed by atoms with van der Waals surface area (Å²) in [5.74, 6) is 1.06. The van der Waals surface area contributed by atoms with Crippen LogP contribution in [0.4, 0.5) is 5.82 Å². The van der Waals surface area contributed by atoms with Crippen molar-refractivity contribution in [2.75, 3.05) is 44.8 Å². The summed E-state index contributed by atoms with van der Waals surface area (Å²) in [6.07, 6.45) is 7.28. The van der Waals surface area contributed by atoms with Gasteiger partial charge >= 0.3 is 0 Å². The standard InChI is InChI=1S/C26H34N4O2/c1-32-19-24-7-4-13-30(24)25-9-8-21(17-27-25)26(31)28-15-11-23(12-16-28)29-14-10-20-5-2-3-6-22(20)18-29/h2-3,5-6,8-9,17,23-24H,4,7,10-16,18-19H2,1H3. The molecular formula is C26H34N4O2. The van der Waals surface area contributed by atoms with Gasteiger partial charge in [0.1, 0.15) is 5.82 Å². The Morgan fingerprint density at radius 1 is 1.03 bits per heavy atom. The SMILES string of the molecule is COCC1CCCN1c1ccc(C(=O)N2CCC(N3CCc4ccccc4C3)CC2)cn1. The van der Waals surface area contributed by atoms with Crippen molar-refractivity contribution in [1.82, 2.24) is 14.8 Å². The topological polar surface area (TPSA) is 48.9 Å². The van der Waals surface area contributed by atoms with Crippen LogP contribution < -0.4 is 4.90 Å². The van der Waals surface area contributed by atoms with Crippen molar-refractivity contribution in [3.63, 3.8) is 0 Å². The average molecular weight is 435 g/mol. The van der Waals surface area contributed by atoms with Crippen LogP contribution in [0.5, 0.6) is 0 Å². The Labute approximate surface area is 191 Å². The number of benzene rings is 1. The van der Waals surface area contributed by atoms with Gasteiger partial charge in [-0.1, -0.05) is 24.3 Å². The van der Waals surface area contributed by atoms with Crippen LogP contribution >= 0.6 is 0 Å². The fraction of sp³-hybridized carbons (Fsp3) is 0.538. The lowest BCUT2D eigenvalue weighted by molar-refractivity contribution is 0.0599. The number of methoxy groups -OCH3 is 1. The summed E-state index contributed by atoms with van der Waals surface area (Å²) < 4.78 is 5.35. The maximum absolute atomic E-state index is 13.1. The molecule has 32 heavy (non-hydrogen) atoms. The van der Waals surface area contributed by atoms with E-state index in [2.05, 4.69) is 39.0 Å². The second kappa shape index (κ2) is 9.59. The minimum absolute atomic E-state index is 0.112. The number of amides is 1. The van der Waals surface area contributed by atoms with Gasteiger partial charge in [0.25, 0.3) is 5.91 Å². The zero-order valence-corrected chi connectivity index (χ0v) is 19.1. The fourth-order valence-corrected chi connectivity index (χ4v) is 5.63. The van der Waals surface area contributed by atoms with Crippen LogP contribution in [0.15, 0.2) is 42.6 Å². The summed E-state index contributed by atoms with van der Waals surface area (Å²) in [6.45, 7) is 5.54. The molecule has 0 bridgehead atoms. The van der Waals surface area contributed by atoms with Crippen molar-refractivity contribution in [2.24, 2.45) is 0 Å². The van der Waals surface area contributed by atoms with Gasteiger partial charge in [-0.15, -0.1) is 0 Å². The number of anilines is 1. The van der Waals surface area contributed by atoms with E-state index in [0.717, 1.165) is 77.3 Å². The number of likely N-dealkylation sites (tertiary alicyclic amines) is 1. The lowest BCUT2D eigenvalue weighted by atomic mass is 9.95. The average Bonchev–Trinajstić information content (AvgIpc) is 3.32. The lowest BCUT2D eigenvalue weighted by Gasteiger charge is -2.40. The third-order valence-corrected chi connectivity index (χ3v) is 7.45. The van der Waals surface area contributed by atoms with Gasteiger partial charge in [-0.2, -0.15) is 0 Å². The molecule has 3 aliphatic rings. The van der Waals surface area contributed by atoms with Crippen LogP contribution in [0.2, 0.25) is 0 Å². The molecule has 0 spiro atoms. The second-order valence-electron chi connectivity index (χ2n) is 9.36. The van der Waals surface area contributed by atoms with E-state index in [9.17, 15) is 4.79 Å². The van der Waals surface area contributed by atoms with Crippen LogP contribution in [-0.4, -0.2) is 72.7 Å². The summed E-state index contributed by atoms with van der Waals surface area (Å²) in [7, 11) is 1.75. The van der Waals surface area contributed by atoms with Gasteiger partial charge in [-0.3, -0.25) is 9.69 Å². The van der Waals surface area contributed by atoms with Crippen LogP contribution in [0.25, 0.3) is 0 Å². The third kappa shape index (κ3) is 4.39. The molecule has 0 saturated carbocycles. The number of carbonyl (C=O) groups is 1. The molecule has 2 aromatic rings. The molecule has 0 N–H and O–H groups in total. The number of nitrogens with zero attached hydrogens (tertiary/aromatic N) is 4.